The van der Waals surface area contributed by atoms with Crippen LogP contribution in [0.4, 0.5) is 5.69 Å². The number of H-pyrrole nitrogens is 1. The lowest BCUT2D eigenvalue weighted by molar-refractivity contribution is 0.0845. The second-order valence-electron chi connectivity index (χ2n) is 9.12. The summed E-state index contributed by atoms with van der Waals surface area (Å²) in [4.78, 5) is 30.9. The number of nitrogens with zero attached hydrogens (tertiary/aromatic N) is 1. The van der Waals surface area contributed by atoms with E-state index in [0.717, 1.165) is 60.7 Å². The molecule has 1 saturated heterocycles. The van der Waals surface area contributed by atoms with Crippen LogP contribution < -0.4 is 15.8 Å². The number of ether oxygens (including phenoxy) is 1. The monoisotopic (exact) mass is 439 g/mol. The van der Waals surface area contributed by atoms with Crippen molar-refractivity contribution < 1.29 is 9.53 Å². The SMILES string of the molecule is CCN(c1cc(C(C)C)cc(C(=O)NCc2c(C)cc(C)[nH]c2=O)c1C)C1CCOCC1. The normalized spacial score (nSPS) is 14.6. The molecule has 174 valence electrons. The molecule has 0 spiro atoms. The third-order valence-electron chi connectivity index (χ3n) is 6.52. The van der Waals surface area contributed by atoms with Crippen LogP contribution in [0.2, 0.25) is 0 Å². The van der Waals surface area contributed by atoms with Gasteiger partial charge in [-0.25, -0.2) is 0 Å². The summed E-state index contributed by atoms with van der Waals surface area (Å²) < 4.78 is 5.57. The Labute approximate surface area is 191 Å². The van der Waals surface area contributed by atoms with Crippen molar-refractivity contribution in [2.75, 3.05) is 24.7 Å². The average Bonchev–Trinajstić information content (AvgIpc) is 2.75. The van der Waals surface area contributed by atoms with Gasteiger partial charge in [-0.05, 0) is 81.3 Å². The van der Waals surface area contributed by atoms with Gasteiger partial charge in [0, 0.05) is 54.9 Å². The lowest BCUT2D eigenvalue weighted by atomic mass is 9.94. The third-order valence-corrected chi connectivity index (χ3v) is 6.52. The number of benzene rings is 1. The van der Waals surface area contributed by atoms with Crippen molar-refractivity contribution in [1.82, 2.24) is 10.3 Å². The maximum absolute atomic E-state index is 13.3. The van der Waals surface area contributed by atoms with E-state index < -0.39 is 0 Å². The Kier molecular flexibility index (Phi) is 7.77. The first-order chi connectivity index (χ1) is 15.2. The standard InChI is InChI=1S/C26H37N3O3/c1-7-29(21-8-10-32-11-9-21)24-14-20(16(2)3)13-22(19(24)6)25(30)27-15-23-17(4)12-18(5)28-26(23)31/h12-14,16,21H,7-11,15H2,1-6H3,(H,27,30)(H,28,31). The highest BCUT2D eigenvalue weighted by Gasteiger charge is 2.25. The van der Waals surface area contributed by atoms with Crippen LogP contribution in [0.3, 0.4) is 0 Å². The molecule has 32 heavy (non-hydrogen) atoms. The number of hydrogen-bond donors (Lipinski definition) is 2. The van der Waals surface area contributed by atoms with Gasteiger partial charge in [-0.1, -0.05) is 13.8 Å². The van der Waals surface area contributed by atoms with Gasteiger partial charge in [0.2, 0.25) is 0 Å². The summed E-state index contributed by atoms with van der Waals surface area (Å²) in [7, 11) is 0. The molecule has 1 amide bonds. The zero-order valence-electron chi connectivity index (χ0n) is 20.3. The Hall–Kier alpha value is -2.60. The molecule has 0 aliphatic carbocycles. The van der Waals surface area contributed by atoms with E-state index in [4.69, 9.17) is 4.74 Å². The van der Waals surface area contributed by atoms with Crippen LogP contribution in [-0.2, 0) is 11.3 Å². The van der Waals surface area contributed by atoms with E-state index in [0.29, 0.717) is 23.1 Å². The van der Waals surface area contributed by atoms with Crippen LogP contribution in [0.1, 0.15) is 77.8 Å². The fraction of sp³-hybridized carbons (Fsp3) is 0.538. The number of anilines is 1. The maximum atomic E-state index is 13.3. The summed E-state index contributed by atoms with van der Waals surface area (Å²) in [5.41, 5.74) is 6.09. The molecule has 6 nitrogen and oxygen atoms in total. The van der Waals surface area contributed by atoms with E-state index in [-0.39, 0.29) is 18.0 Å². The van der Waals surface area contributed by atoms with Crippen molar-refractivity contribution in [2.24, 2.45) is 0 Å². The Bertz CT molecular complexity index is 1020. The number of aromatic amines is 1. The molecule has 2 heterocycles. The molecule has 1 aromatic heterocycles. The topological polar surface area (TPSA) is 74.4 Å². The summed E-state index contributed by atoms with van der Waals surface area (Å²) in [5, 5.41) is 2.99. The van der Waals surface area contributed by atoms with Gasteiger partial charge >= 0.3 is 0 Å². The predicted octanol–water partition coefficient (Wildman–Crippen LogP) is 4.36. The number of hydrogen-bond acceptors (Lipinski definition) is 4. The zero-order valence-corrected chi connectivity index (χ0v) is 20.3. The lowest BCUT2D eigenvalue weighted by Gasteiger charge is -2.37. The molecular weight excluding hydrogens is 402 g/mol. The molecule has 2 N–H and O–H groups in total. The first-order valence-electron chi connectivity index (χ1n) is 11.7. The maximum Gasteiger partial charge on any atom is 0.253 e. The molecule has 2 aromatic rings. The van der Waals surface area contributed by atoms with Crippen LogP contribution in [0.5, 0.6) is 0 Å². The van der Waals surface area contributed by atoms with Crippen molar-refractivity contribution in [3.8, 4) is 0 Å². The number of carbonyl (C=O) groups excluding carboxylic acids is 1. The summed E-state index contributed by atoms with van der Waals surface area (Å²) in [5.74, 6) is 0.158. The second-order valence-corrected chi connectivity index (χ2v) is 9.12. The van der Waals surface area contributed by atoms with Crippen molar-refractivity contribution >= 4 is 11.6 Å². The fourth-order valence-corrected chi connectivity index (χ4v) is 4.58. The zero-order chi connectivity index (χ0) is 23.4. The smallest absolute Gasteiger partial charge is 0.253 e. The average molecular weight is 440 g/mol. The molecule has 1 aromatic carbocycles. The summed E-state index contributed by atoms with van der Waals surface area (Å²) >= 11 is 0. The number of carbonyl (C=O) groups is 1. The molecule has 0 unspecified atom stereocenters. The number of rotatable bonds is 7. The van der Waals surface area contributed by atoms with Crippen molar-refractivity contribution in [3.05, 3.63) is 62.1 Å². The molecule has 0 radical (unpaired) electrons. The van der Waals surface area contributed by atoms with Gasteiger partial charge in [-0.15, -0.1) is 0 Å². The first-order valence-corrected chi connectivity index (χ1v) is 11.7. The number of nitrogens with one attached hydrogen (secondary N) is 2. The minimum atomic E-state index is -0.146. The Morgan fingerprint density at radius 3 is 2.47 bits per heavy atom. The highest BCUT2D eigenvalue weighted by atomic mass is 16.5. The Morgan fingerprint density at radius 1 is 1.19 bits per heavy atom. The van der Waals surface area contributed by atoms with Crippen LogP contribution >= 0.6 is 0 Å². The second kappa shape index (κ2) is 10.3. The van der Waals surface area contributed by atoms with E-state index in [1.807, 2.05) is 32.9 Å². The first kappa shape index (κ1) is 24.1. The molecule has 0 saturated carbocycles. The number of amides is 1. The fourth-order valence-electron chi connectivity index (χ4n) is 4.58. The molecular formula is C26H37N3O3. The molecule has 3 rings (SSSR count). The molecule has 1 aliphatic rings. The van der Waals surface area contributed by atoms with E-state index in [9.17, 15) is 9.59 Å². The summed E-state index contributed by atoms with van der Waals surface area (Å²) in [6, 6.07) is 6.59. The van der Waals surface area contributed by atoms with Crippen molar-refractivity contribution in [3.63, 3.8) is 0 Å². The van der Waals surface area contributed by atoms with E-state index in [2.05, 4.69) is 42.0 Å². The van der Waals surface area contributed by atoms with Gasteiger partial charge in [0.25, 0.3) is 11.5 Å². The van der Waals surface area contributed by atoms with Crippen molar-refractivity contribution in [2.45, 2.75) is 72.9 Å². The molecule has 0 atom stereocenters. The molecule has 1 fully saturated rings. The largest absolute Gasteiger partial charge is 0.381 e. The van der Waals surface area contributed by atoms with Crippen LogP contribution in [0.25, 0.3) is 0 Å². The number of aryl methyl sites for hydroxylation is 2. The van der Waals surface area contributed by atoms with Gasteiger partial charge in [0.05, 0.1) is 0 Å². The Morgan fingerprint density at radius 2 is 1.88 bits per heavy atom. The van der Waals surface area contributed by atoms with E-state index in [1.54, 1.807) is 0 Å². The predicted molar refractivity (Wildman–Crippen MR) is 130 cm³/mol. The molecule has 0 bridgehead atoms. The lowest BCUT2D eigenvalue weighted by Crippen LogP contribution is -2.40. The third kappa shape index (κ3) is 5.23. The minimum Gasteiger partial charge on any atom is -0.381 e. The number of pyridine rings is 1. The molecule has 6 heteroatoms. The van der Waals surface area contributed by atoms with Crippen LogP contribution in [0.15, 0.2) is 23.0 Å². The van der Waals surface area contributed by atoms with Gasteiger partial charge in [-0.2, -0.15) is 0 Å². The highest BCUT2D eigenvalue weighted by molar-refractivity contribution is 5.97. The summed E-state index contributed by atoms with van der Waals surface area (Å²) in [6.45, 7) is 14.9. The summed E-state index contributed by atoms with van der Waals surface area (Å²) in [6.07, 6.45) is 1.99. The Balaban J connectivity index is 1.93. The van der Waals surface area contributed by atoms with Gasteiger partial charge in [0.1, 0.15) is 0 Å². The minimum absolute atomic E-state index is 0.145. The van der Waals surface area contributed by atoms with Gasteiger partial charge < -0.3 is 19.9 Å². The van der Waals surface area contributed by atoms with Crippen LogP contribution in [-0.4, -0.2) is 36.7 Å². The number of aromatic nitrogens is 1. The quantitative estimate of drug-likeness (QED) is 0.672. The molecule has 1 aliphatic heterocycles. The van der Waals surface area contributed by atoms with E-state index >= 15 is 0 Å². The van der Waals surface area contributed by atoms with Crippen molar-refractivity contribution in [1.29, 1.82) is 0 Å². The van der Waals surface area contributed by atoms with Crippen LogP contribution in [0, 0.1) is 20.8 Å². The van der Waals surface area contributed by atoms with Gasteiger partial charge in [0.15, 0.2) is 0 Å². The highest BCUT2D eigenvalue weighted by Crippen LogP contribution is 2.32. The van der Waals surface area contributed by atoms with E-state index in [1.165, 1.54) is 0 Å². The van der Waals surface area contributed by atoms with Gasteiger partial charge in [-0.3, -0.25) is 9.59 Å².